The Balaban J connectivity index is 1.25. The minimum atomic E-state index is 0.0550. The van der Waals surface area contributed by atoms with Crippen molar-refractivity contribution in [3.05, 3.63) is 54.6 Å². The summed E-state index contributed by atoms with van der Waals surface area (Å²) in [5, 5.41) is 0. The molecule has 1 spiro atoms. The van der Waals surface area contributed by atoms with Gasteiger partial charge in [-0.25, -0.2) is 4.98 Å². The van der Waals surface area contributed by atoms with Crippen LogP contribution in [0.1, 0.15) is 37.7 Å². The van der Waals surface area contributed by atoms with Crippen LogP contribution in [0.25, 0.3) is 0 Å². The Labute approximate surface area is 166 Å². The minimum absolute atomic E-state index is 0.0550. The van der Waals surface area contributed by atoms with Crippen LogP contribution in [0.4, 0.5) is 0 Å². The molecule has 0 radical (unpaired) electrons. The van der Waals surface area contributed by atoms with E-state index in [0.29, 0.717) is 19.4 Å². The molecule has 2 aromatic rings. The lowest BCUT2D eigenvalue weighted by molar-refractivity contribution is -0.133. The third kappa shape index (κ3) is 4.26. The number of aromatic nitrogens is 2. The number of hydrogen-bond acceptors (Lipinski definition) is 3. The number of carbonyl (C=O) groups is 2. The number of hydrogen-bond donors (Lipinski definition) is 0. The van der Waals surface area contributed by atoms with Crippen molar-refractivity contribution in [3.8, 4) is 0 Å². The molecular weight excluding hydrogens is 352 g/mol. The second-order valence-corrected chi connectivity index (χ2v) is 8.20. The standard InChI is InChI=1S/C22H28N4O2/c27-20(7-4-11-24-14-10-23-18-24)25-12-8-22(9-13-25)15-21(28)26(17-22)16-19-5-2-1-3-6-19/h1-3,5-6,10,14,18H,4,7-9,11-13,15-17H2. The van der Waals surface area contributed by atoms with E-state index in [0.717, 1.165) is 45.4 Å². The number of piperidine rings is 1. The highest BCUT2D eigenvalue weighted by atomic mass is 16.2. The molecule has 0 aliphatic carbocycles. The molecule has 1 aromatic carbocycles. The van der Waals surface area contributed by atoms with E-state index in [1.807, 2.05) is 38.8 Å². The van der Waals surface area contributed by atoms with Crippen LogP contribution in [-0.2, 0) is 22.7 Å². The first kappa shape index (κ1) is 18.7. The van der Waals surface area contributed by atoms with Crippen molar-refractivity contribution in [2.24, 2.45) is 5.41 Å². The molecule has 1 aromatic heterocycles. The molecule has 28 heavy (non-hydrogen) atoms. The van der Waals surface area contributed by atoms with Crippen molar-refractivity contribution >= 4 is 11.8 Å². The van der Waals surface area contributed by atoms with E-state index < -0.39 is 0 Å². The number of carbonyl (C=O) groups excluding carboxylic acids is 2. The molecule has 0 N–H and O–H groups in total. The number of aryl methyl sites for hydroxylation is 1. The second-order valence-electron chi connectivity index (χ2n) is 8.20. The van der Waals surface area contributed by atoms with Gasteiger partial charge in [-0.1, -0.05) is 30.3 Å². The fraction of sp³-hybridized carbons (Fsp3) is 0.500. The molecule has 2 amide bonds. The van der Waals surface area contributed by atoms with Crippen LogP contribution in [0.3, 0.4) is 0 Å². The van der Waals surface area contributed by atoms with Gasteiger partial charge in [-0.15, -0.1) is 0 Å². The fourth-order valence-electron chi connectivity index (χ4n) is 4.48. The van der Waals surface area contributed by atoms with E-state index in [1.54, 1.807) is 12.5 Å². The third-order valence-corrected chi connectivity index (χ3v) is 6.16. The van der Waals surface area contributed by atoms with Gasteiger partial charge in [-0.3, -0.25) is 9.59 Å². The Bertz CT molecular complexity index is 795. The van der Waals surface area contributed by atoms with Crippen molar-refractivity contribution in [1.82, 2.24) is 19.4 Å². The summed E-state index contributed by atoms with van der Waals surface area (Å²) < 4.78 is 2.00. The van der Waals surface area contributed by atoms with Crippen LogP contribution < -0.4 is 0 Å². The van der Waals surface area contributed by atoms with Gasteiger partial charge in [0.25, 0.3) is 0 Å². The minimum Gasteiger partial charge on any atom is -0.343 e. The number of benzene rings is 1. The lowest BCUT2D eigenvalue weighted by atomic mass is 9.77. The Hall–Kier alpha value is -2.63. The van der Waals surface area contributed by atoms with Crippen molar-refractivity contribution in [1.29, 1.82) is 0 Å². The number of imidazole rings is 1. The van der Waals surface area contributed by atoms with Gasteiger partial charge < -0.3 is 14.4 Å². The van der Waals surface area contributed by atoms with Crippen LogP contribution >= 0.6 is 0 Å². The van der Waals surface area contributed by atoms with E-state index in [-0.39, 0.29) is 17.2 Å². The van der Waals surface area contributed by atoms with E-state index in [2.05, 4.69) is 17.1 Å². The van der Waals surface area contributed by atoms with Crippen LogP contribution in [0.2, 0.25) is 0 Å². The van der Waals surface area contributed by atoms with E-state index in [1.165, 1.54) is 5.56 Å². The van der Waals surface area contributed by atoms with Gasteiger partial charge in [0.05, 0.1) is 6.33 Å². The highest BCUT2D eigenvalue weighted by molar-refractivity contribution is 5.80. The number of nitrogens with zero attached hydrogens (tertiary/aromatic N) is 4. The Morgan fingerprint density at radius 1 is 1.14 bits per heavy atom. The second kappa shape index (κ2) is 8.17. The maximum Gasteiger partial charge on any atom is 0.223 e. The predicted molar refractivity (Wildman–Crippen MR) is 106 cm³/mol. The predicted octanol–water partition coefficient (Wildman–Crippen LogP) is 2.70. The first-order chi connectivity index (χ1) is 13.6. The van der Waals surface area contributed by atoms with Crippen molar-refractivity contribution in [2.75, 3.05) is 19.6 Å². The molecule has 0 unspecified atom stereocenters. The molecule has 0 bridgehead atoms. The zero-order valence-corrected chi connectivity index (χ0v) is 16.3. The van der Waals surface area contributed by atoms with Gasteiger partial charge in [0.2, 0.25) is 11.8 Å². The van der Waals surface area contributed by atoms with Crippen LogP contribution in [-0.4, -0.2) is 50.8 Å². The molecule has 6 nitrogen and oxygen atoms in total. The first-order valence-electron chi connectivity index (χ1n) is 10.2. The van der Waals surface area contributed by atoms with Crippen molar-refractivity contribution in [3.63, 3.8) is 0 Å². The quantitative estimate of drug-likeness (QED) is 0.774. The Kier molecular flexibility index (Phi) is 5.46. The molecule has 4 rings (SSSR count). The lowest BCUT2D eigenvalue weighted by Crippen LogP contribution is -2.44. The first-order valence-corrected chi connectivity index (χ1v) is 10.2. The summed E-state index contributed by atoms with van der Waals surface area (Å²) in [4.78, 5) is 33.1. The molecule has 2 aliphatic heterocycles. The van der Waals surface area contributed by atoms with Crippen LogP contribution in [0.15, 0.2) is 49.1 Å². The van der Waals surface area contributed by atoms with Gasteiger partial charge in [0.15, 0.2) is 0 Å². The average molecular weight is 380 g/mol. The number of likely N-dealkylation sites (tertiary alicyclic amines) is 2. The molecule has 2 fully saturated rings. The summed E-state index contributed by atoms with van der Waals surface area (Å²) >= 11 is 0. The maximum atomic E-state index is 12.6. The molecule has 0 atom stereocenters. The van der Waals surface area contributed by atoms with Gasteiger partial charge >= 0.3 is 0 Å². The fourth-order valence-corrected chi connectivity index (χ4v) is 4.48. The third-order valence-electron chi connectivity index (χ3n) is 6.16. The van der Waals surface area contributed by atoms with E-state index >= 15 is 0 Å². The lowest BCUT2D eigenvalue weighted by Gasteiger charge is -2.39. The molecule has 148 valence electrons. The van der Waals surface area contributed by atoms with Crippen LogP contribution in [0, 0.1) is 5.41 Å². The van der Waals surface area contributed by atoms with E-state index in [9.17, 15) is 9.59 Å². The van der Waals surface area contributed by atoms with E-state index in [4.69, 9.17) is 0 Å². The van der Waals surface area contributed by atoms with Crippen LogP contribution in [0.5, 0.6) is 0 Å². The number of amides is 2. The van der Waals surface area contributed by atoms with Gasteiger partial charge in [-0.2, -0.15) is 0 Å². The zero-order valence-electron chi connectivity index (χ0n) is 16.3. The van der Waals surface area contributed by atoms with Gasteiger partial charge in [0, 0.05) is 63.4 Å². The molecule has 0 saturated carbocycles. The molecule has 2 saturated heterocycles. The topological polar surface area (TPSA) is 58.4 Å². The smallest absolute Gasteiger partial charge is 0.223 e. The SMILES string of the molecule is O=C(CCCn1ccnc1)N1CCC2(CC1)CC(=O)N(Cc1ccccc1)C2. The molecule has 3 heterocycles. The molecular formula is C22H28N4O2. The highest BCUT2D eigenvalue weighted by Gasteiger charge is 2.45. The molecule has 2 aliphatic rings. The van der Waals surface area contributed by atoms with Crippen molar-refractivity contribution in [2.45, 2.75) is 45.2 Å². The van der Waals surface area contributed by atoms with Gasteiger partial charge in [-0.05, 0) is 24.8 Å². The normalized spacial score (nSPS) is 18.8. The maximum absolute atomic E-state index is 12.6. The summed E-state index contributed by atoms with van der Waals surface area (Å²) in [5.74, 6) is 0.490. The van der Waals surface area contributed by atoms with Gasteiger partial charge in [0.1, 0.15) is 0 Å². The Morgan fingerprint density at radius 3 is 2.64 bits per heavy atom. The average Bonchev–Trinajstić information content (AvgIpc) is 3.32. The summed E-state index contributed by atoms with van der Waals surface area (Å²) in [6, 6.07) is 10.2. The number of rotatable bonds is 6. The summed E-state index contributed by atoms with van der Waals surface area (Å²) in [7, 11) is 0. The van der Waals surface area contributed by atoms with Crippen molar-refractivity contribution < 1.29 is 9.59 Å². The largest absolute Gasteiger partial charge is 0.343 e. The Morgan fingerprint density at radius 2 is 1.93 bits per heavy atom. The monoisotopic (exact) mass is 380 g/mol. The zero-order chi connectivity index (χ0) is 19.4. The highest BCUT2D eigenvalue weighted by Crippen LogP contribution is 2.41. The summed E-state index contributed by atoms with van der Waals surface area (Å²) in [6.45, 7) is 3.89. The molecule has 6 heteroatoms. The summed E-state index contributed by atoms with van der Waals surface area (Å²) in [6.07, 6.45) is 9.36. The summed E-state index contributed by atoms with van der Waals surface area (Å²) in [5.41, 5.74) is 1.23.